The molecule has 3 aromatic carbocycles. The van der Waals surface area contributed by atoms with Crippen LogP contribution in [-0.2, 0) is 17.6 Å². The van der Waals surface area contributed by atoms with Gasteiger partial charge in [-0.05, 0) is 55.1 Å². The highest BCUT2D eigenvalue weighted by molar-refractivity contribution is 6.06. The molecule has 0 heterocycles. The number of nitrogens with zero attached hydrogens (tertiary/aromatic N) is 1. The molecule has 0 aromatic heterocycles. The summed E-state index contributed by atoms with van der Waals surface area (Å²) in [4.78, 5) is 15.0. The van der Waals surface area contributed by atoms with Crippen molar-refractivity contribution in [3.8, 4) is 0 Å². The van der Waals surface area contributed by atoms with E-state index in [0.717, 1.165) is 29.5 Å². The van der Waals surface area contributed by atoms with Crippen LogP contribution >= 0.6 is 0 Å². The van der Waals surface area contributed by atoms with Gasteiger partial charge in [0.25, 0.3) is 0 Å². The lowest BCUT2D eigenvalue weighted by atomic mass is 10.0. The Hall–Kier alpha value is -2.65. The Labute approximate surface area is 148 Å². The van der Waals surface area contributed by atoms with Crippen LogP contribution in [0.4, 0.5) is 5.69 Å². The molecule has 0 saturated carbocycles. The van der Waals surface area contributed by atoms with E-state index in [1.54, 1.807) is 0 Å². The normalized spacial score (nSPS) is 14.0. The predicted molar refractivity (Wildman–Crippen MR) is 103 cm³/mol. The molecule has 0 bridgehead atoms. The lowest BCUT2D eigenvalue weighted by Crippen LogP contribution is -2.32. The second kappa shape index (κ2) is 6.34. The lowest BCUT2D eigenvalue weighted by molar-refractivity contribution is -0.120. The predicted octanol–water partition coefficient (Wildman–Crippen LogP) is 4.18. The van der Waals surface area contributed by atoms with Gasteiger partial charge in [0, 0.05) is 11.1 Å². The van der Waals surface area contributed by atoms with Crippen molar-refractivity contribution in [3.63, 3.8) is 0 Å². The van der Waals surface area contributed by atoms with Crippen LogP contribution in [0.1, 0.15) is 22.7 Å². The Kier molecular flexibility index (Phi) is 4.02. The van der Waals surface area contributed by atoms with Crippen molar-refractivity contribution in [3.05, 3.63) is 77.4 Å². The molecule has 0 saturated heterocycles. The number of nitrogens with one attached hydrogen (secondary N) is 1. The quantitative estimate of drug-likeness (QED) is 0.778. The second-order valence-corrected chi connectivity index (χ2v) is 6.88. The van der Waals surface area contributed by atoms with Crippen LogP contribution < -0.4 is 5.32 Å². The van der Waals surface area contributed by atoms with E-state index in [0.29, 0.717) is 0 Å². The smallest absolute Gasteiger partial charge is 0.246 e. The van der Waals surface area contributed by atoms with Crippen molar-refractivity contribution in [2.24, 2.45) is 0 Å². The molecular weight excluding hydrogens is 308 g/mol. The minimum absolute atomic E-state index is 0.00472. The van der Waals surface area contributed by atoms with Gasteiger partial charge in [-0.25, -0.2) is 0 Å². The number of hydrogen-bond donors (Lipinski definition) is 1. The van der Waals surface area contributed by atoms with E-state index >= 15 is 0 Å². The van der Waals surface area contributed by atoms with E-state index in [1.807, 2.05) is 55.4 Å². The number of likely N-dealkylation sites (N-methyl/N-ethyl adjacent to an activating group) is 1. The number of benzene rings is 3. The molecule has 126 valence electrons. The summed E-state index contributed by atoms with van der Waals surface area (Å²) in [7, 11) is 3.87. The molecule has 1 amide bonds. The zero-order chi connectivity index (χ0) is 17.4. The monoisotopic (exact) mass is 330 g/mol. The molecule has 3 aromatic rings. The maximum absolute atomic E-state index is 13.0. The van der Waals surface area contributed by atoms with Crippen LogP contribution in [0.5, 0.6) is 0 Å². The third-order valence-electron chi connectivity index (χ3n) is 5.01. The Balaban J connectivity index is 1.70. The molecule has 1 atom stereocenters. The lowest BCUT2D eigenvalue weighted by Gasteiger charge is -2.24. The van der Waals surface area contributed by atoms with Crippen LogP contribution in [0, 0.1) is 0 Å². The van der Waals surface area contributed by atoms with Crippen molar-refractivity contribution in [2.75, 3.05) is 19.4 Å². The average molecular weight is 330 g/mol. The Morgan fingerprint density at radius 3 is 2.36 bits per heavy atom. The van der Waals surface area contributed by atoms with Crippen LogP contribution in [0.3, 0.4) is 0 Å². The maximum atomic E-state index is 13.0. The van der Waals surface area contributed by atoms with E-state index in [-0.39, 0.29) is 11.9 Å². The van der Waals surface area contributed by atoms with Crippen LogP contribution in [0.25, 0.3) is 10.8 Å². The van der Waals surface area contributed by atoms with Gasteiger partial charge < -0.3 is 5.32 Å². The summed E-state index contributed by atoms with van der Waals surface area (Å²) in [5.74, 6) is -0.00472. The minimum Gasteiger partial charge on any atom is -0.324 e. The molecular formula is C22H22N2O. The van der Waals surface area contributed by atoms with Gasteiger partial charge in [-0.2, -0.15) is 0 Å². The third-order valence-corrected chi connectivity index (χ3v) is 5.01. The Bertz CT molecular complexity index is 921. The van der Waals surface area contributed by atoms with Gasteiger partial charge in [-0.15, -0.1) is 0 Å². The van der Waals surface area contributed by atoms with Gasteiger partial charge in [0.1, 0.15) is 6.04 Å². The standard InChI is InChI=1S/C22H22N2O/c1-24(2)21(17-7-4-3-5-8-17)22(25)23-19-14-13-16-12-11-15-9-6-10-18(19)20(15)16/h3-10,13-14,21H,11-12H2,1-2H3,(H,23,25)/t21-/m0/s1. The van der Waals surface area contributed by atoms with E-state index in [4.69, 9.17) is 0 Å². The van der Waals surface area contributed by atoms with Gasteiger partial charge in [-0.3, -0.25) is 9.69 Å². The Morgan fingerprint density at radius 2 is 1.64 bits per heavy atom. The number of carbonyl (C=O) groups excluding carboxylic acids is 1. The van der Waals surface area contributed by atoms with Gasteiger partial charge in [0.15, 0.2) is 0 Å². The van der Waals surface area contributed by atoms with E-state index in [1.165, 1.54) is 16.5 Å². The number of rotatable bonds is 4. The van der Waals surface area contributed by atoms with Crippen LogP contribution in [0.15, 0.2) is 60.7 Å². The summed E-state index contributed by atoms with van der Waals surface area (Å²) in [6.07, 6.45) is 2.18. The van der Waals surface area contributed by atoms with Crippen molar-refractivity contribution in [1.82, 2.24) is 4.90 Å². The summed E-state index contributed by atoms with van der Waals surface area (Å²) in [6, 6.07) is 20.2. The molecule has 4 rings (SSSR count). The molecule has 1 aliphatic rings. The van der Waals surface area contributed by atoms with E-state index < -0.39 is 0 Å². The number of carbonyl (C=O) groups is 1. The number of amides is 1. The molecule has 25 heavy (non-hydrogen) atoms. The SMILES string of the molecule is CN(C)[C@H](C(=O)Nc1ccc2c3c(cccc13)CC2)c1ccccc1. The highest BCUT2D eigenvalue weighted by atomic mass is 16.2. The van der Waals surface area contributed by atoms with Crippen molar-refractivity contribution < 1.29 is 4.79 Å². The van der Waals surface area contributed by atoms with Gasteiger partial charge in [0.05, 0.1) is 0 Å². The topological polar surface area (TPSA) is 32.3 Å². The summed E-state index contributed by atoms with van der Waals surface area (Å²) in [5, 5.41) is 5.63. The fourth-order valence-electron chi connectivity index (χ4n) is 3.88. The minimum atomic E-state index is -0.316. The Morgan fingerprint density at radius 1 is 0.920 bits per heavy atom. The summed E-state index contributed by atoms with van der Waals surface area (Å²) in [5.41, 5.74) is 4.66. The summed E-state index contributed by atoms with van der Waals surface area (Å²) < 4.78 is 0. The van der Waals surface area contributed by atoms with Crippen molar-refractivity contribution >= 4 is 22.4 Å². The first kappa shape index (κ1) is 15.9. The van der Waals surface area contributed by atoms with Crippen LogP contribution in [-0.4, -0.2) is 24.9 Å². The third kappa shape index (κ3) is 2.81. The highest BCUT2D eigenvalue weighted by Gasteiger charge is 2.24. The van der Waals surface area contributed by atoms with Gasteiger partial charge in [0.2, 0.25) is 5.91 Å². The molecule has 1 aliphatic carbocycles. The first-order chi connectivity index (χ1) is 12.1. The first-order valence-corrected chi connectivity index (χ1v) is 8.71. The fraction of sp³-hybridized carbons (Fsp3) is 0.227. The fourth-order valence-corrected chi connectivity index (χ4v) is 3.88. The number of anilines is 1. The van der Waals surface area contributed by atoms with Gasteiger partial charge >= 0.3 is 0 Å². The molecule has 3 nitrogen and oxygen atoms in total. The van der Waals surface area contributed by atoms with Crippen molar-refractivity contribution in [1.29, 1.82) is 0 Å². The van der Waals surface area contributed by atoms with Crippen molar-refractivity contribution in [2.45, 2.75) is 18.9 Å². The molecule has 3 heteroatoms. The molecule has 0 unspecified atom stereocenters. The average Bonchev–Trinajstić information content (AvgIpc) is 3.03. The summed E-state index contributed by atoms with van der Waals surface area (Å²) >= 11 is 0. The summed E-state index contributed by atoms with van der Waals surface area (Å²) in [6.45, 7) is 0. The maximum Gasteiger partial charge on any atom is 0.246 e. The van der Waals surface area contributed by atoms with Crippen LogP contribution in [0.2, 0.25) is 0 Å². The van der Waals surface area contributed by atoms with E-state index in [9.17, 15) is 4.79 Å². The molecule has 0 radical (unpaired) electrons. The first-order valence-electron chi connectivity index (χ1n) is 8.71. The van der Waals surface area contributed by atoms with E-state index in [2.05, 4.69) is 29.6 Å². The number of hydrogen-bond acceptors (Lipinski definition) is 2. The zero-order valence-corrected chi connectivity index (χ0v) is 14.6. The molecule has 1 N–H and O–H groups in total. The molecule has 0 fully saturated rings. The number of aryl methyl sites for hydroxylation is 2. The highest BCUT2D eigenvalue weighted by Crippen LogP contribution is 2.35. The zero-order valence-electron chi connectivity index (χ0n) is 14.6. The molecule has 0 spiro atoms. The van der Waals surface area contributed by atoms with Gasteiger partial charge in [-0.1, -0.05) is 54.6 Å². The largest absolute Gasteiger partial charge is 0.324 e. The second-order valence-electron chi connectivity index (χ2n) is 6.88. The molecule has 0 aliphatic heterocycles.